The van der Waals surface area contributed by atoms with Gasteiger partial charge < -0.3 is 15.0 Å². The van der Waals surface area contributed by atoms with Gasteiger partial charge in [0.1, 0.15) is 5.75 Å². The second-order valence-corrected chi connectivity index (χ2v) is 3.46. The molecule has 1 aromatic carbocycles. The number of rotatable bonds is 3. The van der Waals surface area contributed by atoms with E-state index in [2.05, 4.69) is 9.89 Å². The summed E-state index contributed by atoms with van der Waals surface area (Å²) in [6.45, 7) is 0.197. The predicted molar refractivity (Wildman–Crippen MR) is 56.5 cm³/mol. The first-order chi connectivity index (χ1) is 8.48. The normalized spacial score (nSPS) is 11.6. The van der Waals surface area contributed by atoms with Crippen LogP contribution >= 0.6 is 0 Å². The molecule has 0 radical (unpaired) electrons. The summed E-state index contributed by atoms with van der Waals surface area (Å²) in [6, 6.07) is 7.00. The Labute approximate surface area is 100 Å². The first-order valence-electron chi connectivity index (χ1n) is 5.00. The van der Waals surface area contributed by atoms with Gasteiger partial charge in [-0.3, -0.25) is 0 Å². The van der Waals surface area contributed by atoms with Crippen LogP contribution in [-0.4, -0.2) is 11.5 Å². The molecular weight excluding hydrogens is 249 g/mol. The van der Waals surface area contributed by atoms with E-state index < -0.39 is 6.36 Å². The Morgan fingerprint density at radius 1 is 1.28 bits per heavy atom. The lowest BCUT2D eigenvalue weighted by Crippen LogP contribution is -2.17. The summed E-state index contributed by atoms with van der Waals surface area (Å²) in [5.41, 5.74) is 6.31. The van der Waals surface area contributed by atoms with Crippen molar-refractivity contribution in [3.8, 4) is 17.1 Å². The summed E-state index contributed by atoms with van der Waals surface area (Å²) in [4.78, 5) is 0. The summed E-state index contributed by atoms with van der Waals surface area (Å²) in [7, 11) is 0. The maximum Gasteiger partial charge on any atom is 0.573 e. The van der Waals surface area contributed by atoms with Gasteiger partial charge >= 0.3 is 6.36 Å². The summed E-state index contributed by atoms with van der Waals surface area (Å²) in [5.74, 6) is 0.0220. The zero-order valence-electron chi connectivity index (χ0n) is 9.07. The molecule has 2 rings (SSSR count). The Morgan fingerprint density at radius 3 is 2.67 bits per heavy atom. The van der Waals surface area contributed by atoms with Crippen LogP contribution in [0, 0.1) is 0 Å². The van der Waals surface area contributed by atoms with Gasteiger partial charge in [-0.25, -0.2) is 0 Å². The van der Waals surface area contributed by atoms with Crippen LogP contribution in [0.3, 0.4) is 0 Å². The van der Waals surface area contributed by atoms with Crippen molar-refractivity contribution in [2.45, 2.75) is 12.9 Å². The Morgan fingerprint density at radius 2 is 2.06 bits per heavy atom. The monoisotopic (exact) mass is 258 g/mol. The van der Waals surface area contributed by atoms with E-state index in [0.717, 1.165) is 0 Å². The predicted octanol–water partition coefficient (Wildman–Crippen LogP) is 2.70. The highest BCUT2D eigenvalue weighted by atomic mass is 19.4. The molecule has 0 saturated carbocycles. The molecule has 0 spiro atoms. The topological polar surface area (TPSA) is 61.3 Å². The van der Waals surface area contributed by atoms with Gasteiger partial charge in [0.25, 0.3) is 0 Å². The van der Waals surface area contributed by atoms with E-state index in [4.69, 9.17) is 10.3 Å². The highest BCUT2D eigenvalue weighted by molar-refractivity contribution is 5.59. The highest BCUT2D eigenvalue weighted by Crippen LogP contribution is 2.28. The number of hydrogen-bond donors (Lipinski definition) is 1. The van der Waals surface area contributed by atoms with Gasteiger partial charge in [-0.05, 0) is 12.1 Å². The van der Waals surface area contributed by atoms with E-state index in [-0.39, 0.29) is 12.3 Å². The smallest absolute Gasteiger partial charge is 0.406 e. The maximum atomic E-state index is 12.1. The lowest BCUT2D eigenvalue weighted by atomic mass is 10.1. The largest absolute Gasteiger partial charge is 0.573 e. The number of halogens is 3. The van der Waals surface area contributed by atoms with Crippen molar-refractivity contribution < 1.29 is 22.4 Å². The standard InChI is InChI=1S/C11H9F3N2O2/c12-11(13,14)17-9-3-1-2-7(4-9)10-5-8(6-15)16-18-10/h1-5H,6,15H2. The van der Waals surface area contributed by atoms with Crippen LogP contribution in [0.4, 0.5) is 13.2 Å². The molecule has 18 heavy (non-hydrogen) atoms. The molecule has 0 fully saturated rings. The lowest BCUT2D eigenvalue weighted by molar-refractivity contribution is -0.274. The molecule has 0 aliphatic heterocycles. The Balaban J connectivity index is 2.26. The minimum absolute atomic E-state index is 0.197. The van der Waals surface area contributed by atoms with E-state index in [9.17, 15) is 13.2 Å². The van der Waals surface area contributed by atoms with Crippen LogP contribution in [-0.2, 0) is 6.54 Å². The summed E-state index contributed by atoms with van der Waals surface area (Å²) < 4.78 is 44.9. The number of nitrogens with two attached hydrogens (primary N) is 1. The van der Waals surface area contributed by atoms with E-state index in [0.29, 0.717) is 17.0 Å². The molecular formula is C11H9F3N2O2. The Bertz CT molecular complexity index is 537. The van der Waals surface area contributed by atoms with Crippen LogP contribution in [0.25, 0.3) is 11.3 Å². The van der Waals surface area contributed by atoms with Crippen LogP contribution in [0.15, 0.2) is 34.9 Å². The van der Waals surface area contributed by atoms with Crippen molar-refractivity contribution in [1.82, 2.24) is 5.16 Å². The second kappa shape index (κ2) is 4.69. The number of nitrogens with zero attached hydrogens (tertiary/aromatic N) is 1. The lowest BCUT2D eigenvalue weighted by Gasteiger charge is -2.08. The van der Waals surface area contributed by atoms with Crippen molar-refractivity contribution in [1.29, 1.82) is 0 Å². The number of alkyl halides is 3. The zero-order chi connectivity index (χ0) is 13.2. The average molecular weight is 258 g/mol. The van der Waals surface area contributed by atoms with Crippen LogP contribution in [0.1, 0.15) is 5.69 Å². The number of benzene rings is 1. The third-order valence-corrected chi connectivity index (χ3v) is 2.12. The van der Waals surface area contributed by atoms with Gasteiger partial charge in [0, 0.05) is 18.2 Å². The maximum absolute atomic E-state index is 12.1. The summed E-state index contributed by atoms with van der Waals surface area (Å²) >= 11 is 0. The molecule has 0 aliphatic carbocycles. The molecule has 2 N–H and O–H groups in total. The third-order valence-electron chi connectivity index (χ3n) is 2.12. The first-order valence-corrected chi connectivity index (χ1v) is 5.00. The fourth-order valence-electron chi connectivity index (χ4n) is 1.39. The molecule has 7 heteroatoms. The molecule has 0 amide bonds. The first kappa shape index (κ1) is 12.4. The Kier molecular flexibility index (Phi) is 3.24. The molecule has 1 aromatic heterocycles. The molecule has 0 atom stereocenters. The quantitative estimate of drug-likeness (QED) is 0.919. The van der Waals surface area contributed by atoms with Crippen molar-refractivity contribution in [2.75, 3.05) is 0 Å². The zero-order valence-corrected chi connectivity index (χ0v) is 9.07. The third kappa shape index (κ3) is 3.01. The molecule has 4 nitrogen and oxygen atoms in total. The van der Waals surface area contributed by atoms with Gasteiger partial charge in [0.15, 0.2) is 5.76 Å². The van der Waals surface area contributed by atoms with Crippen molar-refractivity contribution >= 4 is 0 Å². The number of ether oxygens (including phenoxy) is 1. The van der Waals surface area contributed by atoms with Gasteiger partial charge in [0.05, 0.1) is 5.69 Å². The highest BCUT2D eigenvalue weighted by Gasteiger charge is 2.31. The van der Waals surface area contributed by atoms with Crippen molar-refractivity contribution in [2.24, 2.45) is 5.73 Å². The van der Waals surface area contributed by atoms with Crippen LogP contribution in [0.5, 0.6) is 5.75 Å². The van der Waals surface area contributed by atoms with Crippen molar-refractivity contribution in [3.05, 3.63) is 36.0 Å². The summed E-state index contributed by atoms with van der Waals surface area (Å²) in [6.07, 6.45) is -4.72. The SMILES string of the molecule is NCc1cc(-c2cccc(OC(F)(F)F)c2)on1. The van der Waals surface area contributed by atoms with E-state index in [1.54, 1.807) is 12.1 Å². The Hall–Kier alpha value is -2.02. The van der Waals surface area contributed by atoms with E-state index in [1.807, 2.05) is 0 Å². The molecule has 0 saturated heterocycles. The fraction of sp³-hybridized carbons (Fsp3) is 0.182. The average Bonchev–Trinajstić information content (AvgIpc) is 2.75. The fourth-order valence-corrected chi connectivity index (χ4v) is 1.39. The van der Waals surface area contributed by atoms with E-state index >= 15 is 0 Å². The molecule has 96 valence electrons. The molecule has 1 heterocycles. The van der Waals surface area contributed by atoms with Gasteiger partial charge in [-0.2, -0.15) is 0 Å². The van der Waals surface area contributed by atoms with Gasteiger partial charge in [-0.1, -0.05) is 17.3 Å². The number of aromatic nitrogens is 1. The van der Waals surface area contributed by atoms with Gasteiger partial charge in [-0.15, -0.1) is 13.2 Å². The molecule has 0 aliphatic rings. The second-order valence-electron chi connectivity index (χ2n) is 3.46. The van der Waals surface area contributed by atoms with E-state index in [1.165, 1.54) is 18.2 Å². The molecule has 2 aromatic rings. The minimum atomic E-state index is -4.72. The van der Waals surface area contributed by atoms with Crippen molar-refractivity contribution in [3.63, 3.8) is 0 Å². The summed E-state index contributed by atoms with van der Waals surface area (Å²) in [5, 5.41) is 3.65. The van der Waals surface area contributed by atoms with Crippen LogP contribution < -0.4 is 10.5 Å². The number of hydrogen-bond acceptors (Lipinski definition) is 4. The molecule has 0 bridgehead atoms. The minimum Gasteiger partial charge on any atom is -0.406 e. The molecule has 0 unspecified atom stereocenters. The van der Waals surface area contributed by atoms with Crippen LogP contribution in [0.2, 0.25) is 0 Å². The van der Waals surface area contributed by atoms with Gasteiger partial charge in [0.2, 0.25) is 0 Å².